The molecule has 0 atom stereocenters. The quantitative estimate of drug-likeness (QED) is 0.841. The average molecular weight is 225 g/mol. The minimum Gasteiger partial charge on any atom is -0.450 e. The molecule has 1 N–H and O–H groups in total. The molecule has 0 bridgehead atoms. The van der Waals surface area contributed by atoms with Crippen molar-refractivity contribution in [3.8, 4) is 0 Å². The zero-order valence-electron chi connectivity index (χ0n) is 10.3. The van der Waals surface area contributed by atoms with Crippen molar-refractivity contribution in [3.63, 3.8) is 0 Å². The maximum absolute atomic E-state index is 11.1. The third kappa shape index (κ3) is 2.98. The van der Waals surface area contributed by atoms with Crippen molar-refractivity contribution in [2.45, 2.75) is 27.2 Å². The van der Waals surface area contributed by atoms with Crippen LogP contribution in [0.5, 0.6) is 0 Å². The summed E-state index contributed by atoms with van der Waals surface area (Å²) in [5.74, 6) is 0. The Bertz CT molecular complexity index is 372. The highest BCUT2D eigenvalue weighted by molar-refractivity contribution is 5.67. The van der Waals surface area contributed by atoms with E-state index in [9.17, 15) is 4.79 Å². The van der Waals surface area contributed by atoms with Gasteiger partial charge in [0.2, 0.25) is 0 Å². The smallest absolute Gasteiger partial charge is 0.407 e. The van der Waals surface area contributed by atoms with Gasteiger partial charge in [0, 0.05) is 19.3 Å². The first-order valence-electron chi connectivity index (χ1n) is 5.46. The van der Waals surface area contributed by atoms with Gasteiger partial charge >= 0.3 is 6.09 Å². The van der Waals surface area contributed by atoms with Crippen LogP contribution in [0.15, 0.2) is 0 Å². The summed E-state index contributed by atoms with van der Waals surface area (Å²) in [5, 5.41) is 7.01. The van der Waals surface area contributed by atoms with E-state index in [2.05, 4.69) is 10.4 Å². The summed E-state index contributed by atoms with van der Waals surface area (Å²) < 4.78 is 6.63. The molecule has 0 saturated heterocycles. The van der Waals surface area contributed by atoms with E-state index >= 15 is 0 Å². The second-order valence-corrected chi connectivity index (χ2v) is 3.67. The number of rotatable bonds is 4. The van der Waals surface area contributed by atoms with Crippen molar-refractivity contribution in [2.24, 2.45) is 7.05 Å². The van der Waals surface area contributed by atoms with E-state index in [4.69, 9.17) is 4.74 Å². The van der Waals surface area contributed by atoms with Crippen LogP contribution < -0.4 is 5.32 Å². The Morgan fingerprint density at radius 1 is 1.50 bits per heavy atom. The van der Waals surface area contributed by atoms with Crippen LogP contribution in [0.25, 0.3) is 0 Å². The lowest BCUT2D eigenvalue weighted by atomic mass is 10.1. The molecule has 1 amide bonds. The summed E-state index contributed by atoms with van der Waals surface area (Å²) in [5.41, 5.74) is 3.35. The number of carbonyl (C=O) groups is 1. The molecule has 5 nitrogen and oxygen atoms in total. The van der Waals surface area contributed by atoms with Crippen LogP contribution in [0.1, 0.15) is 23.9 Å². The summed E-state index contributed by atoms with van der Waals surface area (Å²) in [6.07, 6.45) is 0.423. The van der Waals surface area contributed by atoms with E-state index < -0.39 is 0 Å². The standard InChI is InChI=1S/C11H19N3O2/c1-5-16-11(15)12-7-6-10-8(2)13-14(4)9(10)3/h5-7H2,1-4H3,(H,12,15). The molecule has 1 heterocycles. The summed E-state index contributed by atoms with van der Waals surface area (Å²) in [4.78, 5) is 11.1. The molecule has 0 saturated carbocycles. The Labute approximate surface area is 95.8 Å². The molecule has 90 valence electrons. The van der Waals surface area contributed by atoms with Gasteiger partial charge in [0.05, 0.1) is 12.3 Å². The summed E-state index contributed by atoms with van der Waals surface area (Å²) >= 11 is 0. The number of hydrogen-bond acceptors (Lipinski definition) is 3. The van der Waals surface area contributed by atoms with Crippen molar-refractivity contribution < 1.29 is 9.53 Å². The minimum atomic E-state index is -0.360. The van der Waals surface area contributed by atoms with Gasteiger partial charge in [-0.1, -0.05) is 0 Å². The SMILES string of the molecule is CCOC(=O)NCCc1c(C)nn(C)c1C. The van der Waals surface area contributed by atoms with Crippen molar-refractivity contribution >= 4 is 6.09 Å². The van der Waals surface area contributed by atoms with E-state index in [0.29, 0.717) is 13.2 Å². The van der Waals surface area contributed by atoms with Crippen molar-refractivity contribution in [2.75, 3.05) is 13.2 Å². The predicted octanol–water partition coefficient (Wildman–Crippen LogP) is 1.33. The lowest BCUT2D eigenvalue weighted by Crippen LogP contribution is -2.26. The van der Waals surface area contributed by atoms with Gasteiger partial charge in [-0.05, 0) is 32.8 Å². The minimum absolute atomic E-state index is 0.360. The van der Waals surface area contributed by atoms with E-state index in [1.165, 1.54) is 5.56 Å². The average Bonchev–Trinajstić information content (AvgIpc) is 2.45. The molecule has 1 aromatic heterocycles. The number of aryl methyl sites for hydroxylation is 2. The first-order chi connectivity index (χ1) is 7.56. The monoisotopic (exact) mass is 225 g/mol. The third-order valence-corrected chi connectivity index (χ3v) is 2.58. The van der Waals surface area contributed by atoms with Gasteiger partial charge in [-0.15, -0.1) is 0 Å². The van der Waals surface area contributed by atoms with E-state index in [-0.39, 0.29) is 6.09 Å². The van der Waals surface area contributed by atoms with Crippen LogP contribution in [0.4, 0.5) is 4.79 Å². The van der Waals surface area contributed by atoms with E-state index in [1.54, 1.807) is 6.92 Å². The third-order valence-electron chi connectivity index (χ3n) is 2.58. The second-order valence-electron chi connectivity index (χ2n) is 3.67. The molecule has 0 fully saturated rings. The fraction of sp³-hybridized carbons (Fsp3) is 0.636. The number of alkyl carbamates (subject to hydrolysis) is 1. The Morgan fingerprint density at radius 2 is 2.19 bits per heavy atom. The lowest BCUT2D eigenvalue weighted by molar-refractivity contribution is 0.152. The highest BCUT2D eigenvalue weighted by Crippen LogP contribution is 2.11. The van der Waals surface area contributed by atoms with E-state index in [0.717, 1.165) is 17.8 Å². The summed E-state index contributed by atoms with van der Waals surface area (Å²) in [6.45, 7) is 6.77. The molecule has 16 heavy (non-hydrogen) atoms. The zero-order chi connectivity index (χ0) is 12.1. The number of amides is 1. The van der Waals surface area contributed by atoms with Gasteiger partial charge in [0.1, 0.15) is 0 Å². The summed E-state index contributed by atoms with van der Waals surface area (Å²) in [7, 11) is 1.92. The number of nitrogens with one attached hydrogen (secondary N) is 1. The Kier molecular flexibility index (Phi) is 4.34. The largest absolute Gasteiger partial charge is 0.450 e. The zero-order valence-corrected chi connectivity index (χ0v) is 10.3. The molecule has 0 radical (unpaired) electrons. The molecular formula is C11H19N3O2. The van der Waals surface area contributed by atoms with Gasteiger partial charge < -0.3 is 10.1 Å². The first kappa shape index (κ1) is 12.5. The fourth-order valence-corrected chi connectivity index (χ4v) is 1.65. The topological polar surface area (TPSA) is 56.1 Å². The second kappa shape index (κ2) is 5.53. The number of carbonyl (C=O) groups excluding carboxylic acids is 1. The molecule has 0 aliphatic heterocycles. The van der Waals surface area contributed by atoms with Crippen LogP contribution in [-0.4, -0.2) is 29.0 Å². The molecule has 5 heteroatoms. The normalized spacial score (nSPS) is 10.2. The van der Waals surface area contributed by atoms with Crippen LogP contribution in [0, 0.1) is 13.8 Å². The van der Waals surface area contributed by atoms with Gasteiger partial charge in [-0.3, -0.25) is 4.68 Å². The van der Waals surface area contributed by atoms with Crippen molar-refractivity contribution in [3.05, 3.63) is 17.0 Å². The van der Waals surface area contributed by atoms with Gasteiger partial charge in [0.25, 0.3) is 0 Å². The van der Waals surface area contributed by atoms with Crippen molar-refractivity contribution in [1.82, 2.24) is 15.1 Å². The van der Waals surface area contributed by atoms with Gasteiger partial charge in [-0.2, -0.15) is 5.10 Å². The van der Waals surface area contributed by atoms with E-state index in [1.807, 2.05) is 25.6 Å². The Morgan fingerprint density at radius 3 is 2.69 bits per heavy atom. The van der Waals surface area contributed by atoms with Crippen LogP contribution >= 0.6 is 0 Å². The predicted molar refractivity (Wildman–Crippen MR) is 61.4 cm³/mol. The summed E-state index contributed by atoms with van der Waals surface area (Å²) in [6, 6.07) is 0. The highest BCUT2D eigenvalue weighted by atomic mass is 16.5. The molecule has 0 aliphatic rings. The van der Waals surface area contributed by atoms with Gasteiger partial charge in [0.15, 0.2) is 0 Å². The number of aromatic nitrogens is 2. The van der Waals surface area contributed by atoms with Crippen LogP contribution in [0.2, 0.25) is 0 Å². The first-order valence-corrected chi connectivity index (χ1v) is 5.46. The lowest BCUT2D eigenvalue weighted by Gasteiger charge is -2.05. The molecule has 0 unspecified atom stereocenters. The van der Waals surface area contributed by atoms with Gasteiger partial charge in [-0.25, -0.2) is 4.79 Å². The number of nitrogens with zero attached hydrogens (tertiary/aromatic N) is 2. The molecular weight excluding hydrogens is 206 g/mol. The Balaban J connectivity index is 2.46. The number of ether oxygens (including phenoxy) is 1. The molecule has 0 spiro atoms. The molecule has 1 rings (SSSR count). The maximum Gasteiger partial charge on any atom is 0.407 e. The molecule has 1 aromatic rings. The van der Waals surface area contributed by atoms with Crippen LogP contribution in [0.3, 0.4) is 0 Å². The molecule has 0 aromatic carbocycles. The van der Waals surface area contributed by atoms with Crippen molar-refractivity contribution in [1.29, 1.82) is 0 Å². The Hall–Kier alpha value is -1.52. The number of hydrogen-bond donors (Lipinski definition) is 1. The fourth-order valence-electron chi connectivity index (χ4n) is 1.65. The maximum atomic E-state index is 11.1. The van der Waals surface area contributed by atoms with Crippen LogP contribution in [-0.2, 0) is 18.2 Å². The molecule has 0 aliphatic carbocycles. The highest BCUT2D eigenvalue weighted by Gasteiger charge is 2.09.